The number of nitrogens with one attached hydrogen (secondary N) is 1. The Kier molecular flexibility index (Phi) is 4.91. The number of benzene rings is 2. The van der Waals surface area contributed by atoms with Crippen molar-refractivity contribution in [2.75, 3.05) is 11.9 Å². The Morgan fingerprint density at radius 2 is 1.97 bits per heavy atom. The summed E-state index contributed by atoms with van der Waals surface area (Å²) in [6, 6.07) is 18.1. The fraction of sp³-hybridized carbons (Fsp3) is 0.130. The fourth-order valence-corrected chi connectivity index (χ4v) is 3.21. The first-order chi connectivity index (χ1) is 14.1. The van der Waals surface area contributed by atoms with E-state index in [0.29, 0.717) is 29.2 Å². The summed E-state index contributed by atoms with van der Waals surface area (Å²) < 4.78 is 7.03. The van der Waals surface area contributed by atoms with Crippen molar-refractivity contribution in [3.8, 4) is 17.0 Å². The molecule has 0 saturated heterocycles. The Bertz CT molecular complexity index is 1200. The number of anilines is 2. The van der Waals surface area contributed by atoms with Gasteiger partial charge in [0.2, 0.25) is 0 Å². The van der Waals surface area contributed by atoms with Crippen LogP contribution in [0.4, 0.5) is 11.5 Å². The predicted octanol–water partition coefficient (Wildman–Crippen LogP) is 4.94. The Balaban J connectivity index is 1.84. The molecule has 0 aliphatic carbocycles. The molecule has 2 aromatic heterocycles. The second-order valence-corrected chi connectivity index (χ2v) is 6.69. The number of phenolic OH excluding ortho intramolecular Hbond substituents is 1. The molecule has 2 N–H and O–H groups in total. The van der Waals surface area contributed by atoms with Gasteiger partial charge in [-0.1, -0.05) is 24.3 Å². The lowest BCUT2D eigenvalue weighted by atomic mass is 10.1. The Morgan fingerprint density at radius 1 is 1.14 bits per heavy atom. The van der Waals surface area contributed by atoms with Crippen LogP contribution in [0.25, 0.3) is 16.9 Å². The first-order valence-corrected chi connectivity index (χ1v) is 9.38. The van der Waals surface area contributed by atoms with Gasteiger partial charge in [-0.25, -0.2) is 9.78 Å². The van der Waals surface area contributed by atoms with Crippen molar-refractivity contribution in [3.05, 3.63) is 78.0 Å². The largest absolute Gasteiger partial charge is 0.507 e. The van der Waals surface area contributed by atoms with E-state index in [1.54, 1.807) is 37.3 Å². The monoisotopic (exact) mass is 387 g/mol. The number of nitrogens with zero attached hydrogens (tertiary/aromatic N) is 2. The summed E-state index contributed by atoms with van der Waals surface area (Å²) in [5.74, 6) is 0.480. The standard InChI is InChI=1S/C23H21N3O3/c1-3-29-23(28)16-7-6-8-17(13-16)24-22-21(18-9-4-5-10-19(18)27)25-20-12-11-15(2)14-26(20)22/h4-14,24,27H,3H2,1-2H3. The number of phenols is 1. The summed E-state index contributed by atoms with van der Waals surface area (Å²) in [6.07, 6.45) is 1.98. The summed E-state index contributed by atoms with van der Waals surface area (Å²) in [7, 11) is 0. The minimum Gasteiger partial charge on any atom is -0.507 e. The highest BCUT2D eigenvalue weighted by molar-refractivity contribution is 5.91. The number of aryl methyl sites for hydroxylation is 1. The summed E-state index contributed by atoms with van der Waals surface area (Å²) >= 11 is 0. The third-order valence-corrected chi connectivity index (χ3v) is 4.56. The second-order valence-electron chi connectivity index (χ2n) is 6.69. The maximum Gasteiger partial charge on any atom is 0.338 e. The fourth-order valence-electron chi connectivity index (χ4n) is 3.21. The molecule has 0 unspecified atom stereocenters. The Labute approximate surface area is 168 Å². The number of aromatic nitrogens is 2. The smallest absolute Gasteiger partial charge is 0.338 e. The number of pyridine rings is 1. The molecule has 0 saturated carbocycles. The lowest BCUT2D eigenvalue weighted by Crippen LogP contribution is -2.05. The molecule has 0 fully saturated rings. The molecule has 29 heavy (non-hydrogen) atoms. The normalized spacial score (nSPS) is 10.8. The van der Waals surface area contributed by atoms with Crippen LogP contribution in [0.5, 0.6) is 5.75 Å². The van der Waals surface area contributed by atoms with E-state index in [9.17, 15) is 9.90 Å². The summed E-state index contributed by atoms with van der Waals surface area (Å²) in [4.78, 5) is 16.8. The van der Waals surface area contributed by atoms with E-state index in [2.05, 4.69) is 5.32 Å². The van der Waals surface area contributed by atoms with E-state index in [4.69, 9.17) is 9.72 Å². The van der Waals surface area contributed by atoms with Crippen LogP contribution in [0.15, 0.2) is 66.9 Å². The number of rotatable bonds is 5. The van der Waals surface area contributed by atoms with E-state index in [1.807, 2.05) is 47.9 Å². The average Bonchev–Trinajstić information content (AvgIpc) is 3.06. The van der Waals surface area contributed by atoms with E-state index in [-0.39, 0.29) is 11.7 Å². The summed E-state index contributed by atoms with van der Waals surface area (Å²) in [5, 5.41) is 13.7. The number of imidazole rings is 1. The SMILES string of the molecule is CCOC(=O)c1cccc(Nc2c(-c3ccccc3O)nc3ccc(C)cn23)c1. The highest BCUT2D eigenvalue weighted by atomic mass is 16.5. The highest BCUT2D eigenvalue weighted by Gasteiger charge is 2.17. The van der Waals surface area contributed by atoms with E-state index in [1.165, 1.54) is 0 Å². The third-order valence-electron chi connectivity index (χ3n) is 4.56. The van der Waals surface area contributed by atoms with Crippen molar-refractivity contribution >= 4 is 23.1 Å². The van der Waals surface area contributed by atoms with Crippen LogP contribution in [-0.4, -0.2) is 27.1 Å². The number of aromatic hydroxyl groups is 1. The Hall–Kier alpha value is -3.80. The second kappa shape index (κ2) is 7.67. The topological polar surface area (TPSA) is 75.9 Å². The average molecular weight is 387 g/mol. The van der Waals surface area contributed by atoms with Gasteiger partial charge in [0.05, 0.1) is 12.2 Å². The molecule has 2 heterocycles. The number of esters is 1. The van der Waals surface area contributed by atoms with Crippen molar-refractivity contribution in [3.63, 3.8) is 0 Å². The van der Waals surface area contributed by atoms with Crippen LogP contribution in [-0.2, 0) is 4.74 Å². The molecule has 4 rings (SSSR count). The molecule has 0 aliphatic heterocycles. The van der Waals surface area contributed by atoms with E-state index < -0.39 is 0 Å². The minimum atomic E-state index is -0.369. The minimum absolute atomic E-state index is 0.149. The third kappa shape index (κ3) is 3.65. The summed E-state index contributed by atoms with van der Waals surface area (Å²) in [6.45, 7) is 4.10. The number of carbonyl (C=O) groups excluding carboxylic acids is 1. The van der Waals surface area contributed by atoms with Gasteiger partial charge in [-0.2, -0.15) is 0 Å². The predicted molar refractivity (Wildman–Crippen MR) is 113 cm³/mol. The van der Waals surface area contributed by atoms with Crippen molar-refractivity contribution < 1.29 is 14.6 Å². The van der Waals surface area contributed by atoms with E-state index in [0.717, 1.165) is 16.9 Å². The summed E-state index contributed by atoms with van der Waals surface area (Å²) in [5.41, 5.74) is 4.24. The zero-order chi connectivity index (χ0) is 20.4. The molecular formula is C23H21N3O3. The highest BCUT2D eigenvalue weighted by Crippen LogP contribution is 2.36. The lowest BCUT2D eigenvalue weighted by Gasteiger charge is -2.11. The van der Waals surface area contributed by atoms with Crippen LogP contribution in [0.1, 0.15) is 22.8 Å². The first-order valence-electron chi connectivity index (χ1n) is 9.38. The molecule has 2 aromatic carbocycles. The lowest BCUT2D eigenvalue weighted by molar-refractivity contribution is 0.0526. The molecule has 0 bridgehead atoms. The van der Waals surface area contributed by atoms with Crippen LogP contribution < -0.4 is 5.32 Å². The molecule has 6 heteroatoms. The maximum atomic E-state index is 12.1. The number of fused-ring (bicyclic) bond motifs is 1. The maximum absolute atomic E-state index is 12.1. The molecule has 0 atom stereocenters. The van der Waals surface area contributed by atoms with Crippen molar-refractivity contribution in [2.45, 2.75) is 13.8 Å². The van der Waals surface area contributed by atoms with Gasteiger partial charge in [-0.15, -0.1) is 0 Å². The molecule has 0 radical (unpaired) electrons. The van der Waals surface area contributed by atoms with Crippen molar-refractivity contribution in [1.82, 2.24) is 9.38 Å². The van der Waals surface area contributed by atoms with Crippen molar-refractivity contribution in [2.24, 2.45) is 0 Å². The van der Waals surface area contributed by atoms with Gasteiger partial charge < -0.3 is 15.2 Å². The van der Waals surface area contributed by atoms with E-state index >= 15 is 0 Å². The molecule has 6 nitrogen and oxygen atoms in total. The van der Waals surface area contributed by atoms with Crippen LogP contribution in [0.3, 0.4) is 0 Å². The van der Waals surface area contributed by atoms with Crippen LogP contribution >= 0.6 is 0 Å². The van der Waals surface area contributed by atoms with Gasteiger partial charge in [0.15, 0.2) is 0 Å². The molecular weight excluding hydrogens is 366 g/mol. The molecule has 0 spiro atoms. The van der Waals surface area contributed by atoms with Gasteiger partial charge in [0.1, 0.15) is 22.9 Å². The number of hydrogen-bond donors (Lipinski definition) is 2. The number of carbonyl (C=O) groups is 1. The molecule has 0 amide bonds. The Morgan fingerprint density at radius 3 is 2.76 bits per heavy atom. The van der Waals surface area contributed by atoms with Gasteiger partial charge in [0, 0.05) is 17.4 Å². The van der Waals surface area contributed by atoms with Gasteiger partial charge >= 0.3 is 5.97 Å². The number of ether oxygens (including phenoxy) is 1. The molecule has 4 aromatic rings. The van der Waals surface area contributed by atoms with Gasteiger partial charge in [0.25, 0.3) is 0 Å². The van der Waals surface area contributed by atoms with Gasteiger partial charge in [-0.3, -0.25) is 4.40 Å². The van der Waals surface area contributed by atoms with Crippen LogP contribution in [0, 0.1) is 6.92 Å². The quantitative estimate of drug-likeness (QED) is 0.475. The molecule has 146 valence electrons. The first kappa shape index (κ1) is 18.6. The molecule has 0 aliphatic rings. The zero-order valence-electron chi connectivity index (χ0n) is 16.2. The van der Waals surface area contributed by atoms with Crippen molar-refractivity contribution in [1.29, 1.82) is 0 Å². The van der Waals surface area contributed by atoms with Crippen LogP contribution in [0.2, 0.25) is 0 Å². The number of para-hydroxylation sites is 1. The number of hydrogen-bond acceptors (Lipinski definition) is 5. The zero-order valence-corrected chi connectivity index (χ0v) is 16.2. The van der Waals surface area contributed by atoms with Gasteiger partial charge in [-0.05, 0) is 55.8 Å².